The van der Waals surface area contributed by atoms with Crippen LogP contribution >= 0.6 is 12.2 Å². The molecule has 2 aliphatic rings. The Morgan fingerprint density at radius 3 is 2.43 bits per heavy atom. The van der Waals surface area contributed by atoms with Gasteiger partial charge in [0.15, 0.2) is 5.11 Å². The van der Waals surface area contributed by atoms with Gasteiger partial charge in [0.25, 0.3) is 11.8 Å². The fourth-order valence-corrected chi connectivity index (χ4v) is 4.73. The van der Waals surface area contributed by atoms with E-state index < -0.39 is 11.8 Å². The predicted octanol–water partition coefficient (Wildman–Crippen LogP) is 4.06. The Morgan fingerprint density at radius 1 is 1.13 bits per heavy atom. The summed E-state index contributed by atoms with van der Waals surface area (Å²) < 4.78 is 7.52. The smallest absolute Gasteiger partial charge is 0.270 e. The van der Waals surface area contributed by atoms with Crippen molar-refractivity contribution in [2.45, 2.75) is 45.6 Å². The van der Waals surface area contributed by atoms with E-state index in [-0.39, 0.29) is 10.7 Å². The summed E-state index contributed by atoms with van der Waals surface area (Å²) in [5.41, 5.74) is 3.77. The quantitative estimate of drug-likeness (QED) is 0.458. The lowest BCUT2D eigenvalue weighted by Crippen LogP contribution is -2.54. The number of carbonyl (C=O) groups is 2. The molecule has 6 nitrogen and oxygen atoms in total. The molecule has 1 aromatic carbocycles. The van der Waals surface area contributed by atoms with Crippen molar-refractivity contribution in [2.75, 3.05) is 12.0 Å². The zero-order chi connectivity index (χ0) is 21.4. The maximum absolute atomic E-state index is 13.2. The van der Waals surface area contributed by atoms with Crippen molar-refractivity contribution < 1.29 is 14.3 Å². The van der Waals surface area contributed by atoms with Crippen LogP contribution in [0.3, 0.4) is 0 Å². The molecule has 1 aliphatic carbocycles. The number of amides is 2. The third-order valence-electron chi connectivity index (χ3n) is 5.95. The number of nitrogens with zero attached hydrogens (tertiary/aromatic N) is 2. The number of carbonyl (C=O) groups excluding carboxylic acids is 2. The fourth-order valence-electron chi connectivity index (χ4n) is 4.45. The van der Waals surface area contributed by atoms with Crippen molar-refractivity contribution in [1.82, 2.24) is 9.88 Å². The lowest BCUT2D eigenvalue weighted by molar-refractivity contribution is -0.122. The largest absolute Gasteiger partial charge is 0.497 e. The summed E-state index contributed by atoms with van der Waals surface area (Å²) in [5.74, 6) is -0.228. The monoisotopic (exact) mass is 423 g/mol. The van der Waals surface area contributed by atoms with Crippen molar-refractivity contribution in [3.63, 3.8) is 0 Å². The Labute approximate surface area is 181 Å². The van der Waals surface area contributed by atoms with Crippen LogP contribution in [0.25, 0.3) is 6.08 Å². The SMILES string of the molecule is COc1ccc(N2C(=O)/C(=C/c3cc(C)n(C4CCCC4)c3C)C(=O)NC2=S)cc1. The molecule has 0 radical (unpaired) electrons. The first-order valence-electron chi connectivity index (χ1n) is 10.1. The van der Waals surface area contributed by atoms with E-state index in [1.807, 2.05) is 6.07 Å². The number of methoxy groups -OCH3 is 1. The van der Waals surface area contributed by atoms with Crippen LogP contribution in [0.1, 0.15) is 48.7 Å². The van der Waals surface area contributed by atoms with Crippen molar-refractivity contribution in [3.8, 4) is 5.75 Å². The van der Waals surface area contributed by atoms with E-state index in [1.165, 1.54) is 30.6 Å². The molecule has 0 unspecified atom stereocenters. The molecule has 1 saturated carbocycles. The van der Waals surface area contributed by atoms with Gasteiger partial charge in [-0.3, -0.25) is 19.8 Å². The first kappa shape index (κ1) is 20.3. The number of hydrogen-bond donors (Lipinski definition) is 1. The average Bonchev–Trinajstić information content (AvgIpc) is 3.33. The molecule has 2 amide bonds. The molecule has 7 heteroatoms. The summed E-state index contributed by atoms with van der Waals surface area (Å²) in [6, 6.07) is 9.53. The lowest BCUT2D eigenvalue weighted by Gasteiger charge is -2.29. The average molecular weight is 424 g/mol. The van der Waals surface area contributed by atoms with Crippen molar-refractivity contribution in [1.29, 1.82) is 0 Å². The van der Waals surface area contributed by atoms with Gasteiger partial charge in [-0.25, -0.2) is 0 Å². The van der Waals surface area contributed by atoms with Gasteiger partial charge in [-0.15, -0.1) is 0 Å². The molecular weight excluding hydrogens is 398 g/mol. The van der Waals surface area contributed by atoms with Crippen molar-refractivity contribution in [3.05, 3.63) is 52.9 Å². The Hall–Kier alpha value is -2.93. The van der Waals surface area contributed by atoms with Crippen LogP contribution in [0, 0.1) is 13.8 Å². The number of hydrogen-bond acceptors (Lipinski definition) is 4. The van der Waals surface area contributed by atoms with Gasteiger partial charge in [-0.05, 0) is 80.9 Å². The highest BCUT2D eigenvalue weighted by Gasteiger charge is 2.35. The van der Waals surface area contributed by atoms with E-state index in [1.54, 1.807) is 37.5 Å². The van der Waals surface area contributed by atoms with E-state index in [9.17, 15) is 9.59 Å². The second kappa shape index (κ2) is 8.07. The lowest BCUT2D eigenvalue weighted by atomic mass is 10.1. The highest BCUT2D eigenvalue weighted by Crippen LogP contribution is 2.34. The Bertz CT molecular complexity index is 1050. The molecule has 2 fully saturated rings. The first-order chi connectivity index (χ1) is 14.4. The molecule has 4 rings (SSSR count). The zero-order valence-electron chi connectivity index (χ0n) is 17.4. The minimum Gasteiger partial charge on any atom is -0.497 e. The number of benzene rings is 1. The fraction of sp³-hybridized carbons (Fsp3) is 0.348. The summed E-state index contributed by atoms with van der Waals surface area (Å²) >= 11 is 5.28. The van der Waals surface area contributed by atoms with Gasteiger partial charge in [0, 0.05) is 17.4 Å². The molecule has 0 bridgehead atoms. The molecule has 30 heavy (non-hydrogen) atoms. The number of nitrogens with one attached hydrogen (secondary N) is 1. The highest BCUT2D eigenvalue weighted by molar-refractivity contribution is 7.80. The van der Waals surface area contributed by atoms with Crippen LogP contribution in [-0.2, 0) is 9.59 Å². The summed E-state index contributed by atoms with van der Waals surface area (Å²) in [6.45, 7) is 4.13. The molecule has 1 N–H and O–H groups in total. The van der Waals surface area contributed by atoms with Gasteiger partial charge < -0.3 is 9.30 Å². The van der Waals surface area contributed by atoms with Crippen LogP contribution in [0.5, 0.6) is 5.75 Å². The zero-order valence-corrected chi connectivity index (χ0v) is 18.2. The number of aryl methyl sites for hydroxylation is 1. The van der Waals surface area contributed by atoms with Gasteiger partial charge in [-0.2, -0.15) is 0 Å². The second-order valence-corrected chi connectivity index (χ2v) is 8.18. The van der Waals surface area contributed by atoms with Crippen LogP contribution in [0.4, 0.5) is 5.69 Å². The number of rotatable bonds is 4. The molecule has 0 spiro atoms. The van der Waals surface area contributed by atoms with Gasteiger partial charge in [0.2, 0.25) is 0 Å². The number of aromatic nitrogens is 1. The van der Waals surface area contributed by atoms with Crippen molar-refractivity contribution in [2.24, 2.45) is 0 Å². The normalized spacial score (nSPS) is 19.0. The van der Waals surface area contributed by atoms with E-state index in [0.717, 1.165) is 17.0 Å². The summed E-state index contributed by atoms with van der Waals surface area (Å²) in [5, 5.41) is 2.72. The third kappa shape index (κ3) is 3.54. The molecule has 2 aromatic rings. The molecule has 2 heterocycles. The van der Waals surface area contributed by atoms with E-state index in [0.29, 0.717) is 17.5 Å². The number of thiocarbonyl (C=S) groups is 1. The Balaban J connectivity index is 1.70. The Kier molecular flexibility index (Phi) is 5.47. The molecule has 0 atom stereocenters. The van der Waals surface area contributed by atoms with Gasteiger partial charge in [0.1, 0.15) is 11.3 Å². The Morgan fingerprint density at radius 2 is 1.80 bits per heavy atom. The van der Waals surface area contributed by atoms with Gasteiger partial charge in [-0.1, -0.05) is 12.8 Å². The molecule has 1 aromatic heterocycles. The van der Waals surface area contributed by atoms with E-state index in [2.05, 4.69) is 23.7 Å². The summed E-state index contributed by atoms with van der Waals surface area (Å²) in [7, 11) is 1.58. The van der Waals surface area contributed by atoms with E-state index in [4.69, 9.17) is 17.0 Å². The minimum absolute atomic E-state index is 0.0729. The van der Waals surface area contributed by atoms with Gasteiger partial charge >= 0.3 is 0 Å². The third-order valence-corrected chi connectivity index (χ3v) is 6.23. The number of anilines is 1. The van der Waals surface area contributed by atoms with Crippen LogP contribution in [0.15, 0.2) is 35.9 Å². The topological polar surface area (TPSA) is 63.6 Å². The number of ether oxygens (including phenoxy) is 1. The maximum atomic E-state index is 13.2. The minimum atomic E-state index is -0.472. The van der Waals surface area contributed by atoms with Gasteiger partial charge in [0.05, 0.1) is 12.8 Å². The standard InChI is InChI=1S/C23H25N3O3S/c1-14-12-16(15(2)25(14)17-6-4-5-7-17)13-20-21(27)24-23(30)26(22(20)28)18-8-10-19(29-3)11-9-18/h8-13,17H,4-7H2,1-3H3,(H,24,27,30)/b20-13+. The van der Waals surface area contributed by atoms with Crippen LogP contribution < -0.4 is 15.0 Å². The van der Waals surface area contributed by atoms with Crippen LogP contribution in [0.2, 0.25) is 0 Å². The van der Waals surface area contributed by atoms with Crippen LogP contribution in [-0.4, -0.2) is 28.6 Å². The molecular formula is C23H25N3O3S. The first-order valence-corrected chi connectivity index (χ1v) is 10.6. The maximum Gasteiger partial charge on any atom is 0.270 e. The second-order valence-electron chi connectivity index (χ2n) is 7.79. The summed E-state index contributed by atoms with van der Waals surface area (Å²) in [4.78, 5) is 27.2. The van der Waals surface area contributed by atoms with E-state index >= 15 is 0 Å². The molecule has 1 aliphatic heterocycles. The molecule has 156 valence electrons. The van der Waals surface area contributed by atoms with Crippen molar-refractivity contribution >= 4 is 40.9 Å². The molecule has 1 saturated heterocycles. The highest BCUT2D eigenvalue weighted by atomic mass is 32.1. The summed E-state index contributed by atoms with van der Waals surface area (Å²) in [6.07, 6.45) is 6.51. The predicted molar refractivity (Wildman–Crippen MR) is 121 cm³/mol.